The lowest BCUT2D eigenvalue weighted by Gasteiger charge is -2.20. The number of hydrogen-bond acceptors (Lipinski definition) is 6. The van der Waals surface area contributed by atoms with Crippen LogP contribution in [0.2, 0.25) is 0 Å². The van der Waals surface area contributed by atoms with E-state index in [1.54, 1.807) is 12.4 Å². The third-order valence-corrected chi connectivity index (χ3v) is 3.45. The Labute approximate surface area is 126 Å². The maximum absolute atomic E-state index is 11.8. The molecule has 1 saturated heterocycles. The van der Waals surface area contributed by atoms with Crippen molar-refractivity contribution in [2.45, 2.75) is 25.8 Å². The Morgan fingerprint density at radius 3 is 3.09 bits per heavy atom. The Hall–Kier alpha value is -2.77. The summed E-state index contributed by atoms with van der Waals surface area (Å²) in [5, 5.41) is 13.6. The molecule has 0 aliphatic carbocycles. The van der Waals surface area contributed by atoms with Gasteiger partial charge in [0.1, 0.15) is 17.6 Å². The summed E-state index contributed by atoms with van der Waals surface area (Å²) in [6, 6.07) is 3.22. The van der Waals surface area contributed by atoms with Crippen molar-refractivity contribution in [1.82, 2.24) is 25.3 Å². The van der Waals surface area contributed by atoms with Crippen LogP contribution in [0.3, 0.4) is 0 Å². The molecular weight excluding hydrogens is 284 g/mol. The van der Waals surface area contributed by atoms with Gasteiger partial charge in [0.05, 0.1) is 6.20 Å². The minimum absolute atomic E-state index is 0.244. The first kappa shape index (κ1) is 14.2. The number of carbonyl (C=O) groups excluding carboxylic acids is 2. The second kappa shape index (κ2) is 5.92. The fourth-order valence-corrected chi connectivity index (χ4v) is 2.36. The molecule has 2 N–H and O–H groups in total. The lowest BCUT2D eigenvalue weighted by molar-refractivity contribution is -0.136. The van der Waals surface area contributed by atoms with Gasteiger partial charge in [-0.3, -0.25) is 14.9 Å². The number of rotatable bonds is 4. The van der Waals surface area contributed by atoms with Crippen LogP contribution in [-0.4, -0.2) is 38.3 Å². The van der Waals surface area contributed by atoms with Crippen molar-refractivity contribution < 1.29 is 9.59 Å². The summed E-state index contributed by atoms with van der Waals surface area (Å²) in [4.78, 5) is 27.2. The molecular formula is C14H16N6O2. The summed E-state index contributed by atoms with van der Waals surface area (Å²) in [6.45, 7) is 2.77. The molecule has 1 aliphatic heterocycles. The van der Waals surface area contributed by atoms with E-state index < -0.39 is 6.04 Å². The van der Waals surface area contributed by atoms with Crippen molar-refractivity contribution in [3.05, 3.63) is 24.5 Å². The van der Waals surface area contributed by atoms with Crippen molar-refractivity contribution in [2.24, 2.45) is 0 Å². The minimum atomic E-state index is -0.492. The fourth-order valence-electron chi connectivity index (χ4n) is 2.36. The van der Waals surface area contributed by atoms with E-state index in [1.807, 2.05) is 19.1 Å². The molecule has 1 fully saturated rings. The maximum atomic E-state index is 11.8. The molecule has 2 amide bonds. The smallest absolute Gasteiger partial charge is 0.251 e. The summed E-state index contributed by atoms with van der Waals surface area (Å²) in [6.07, 6.45) is 4.15. The molecule has 1 aliphatic rings. The lowest BCUT2D eigenvalue weighted by atomic mass is 10.1. The molecule has 2 aromatic rings. The van der Waals surface area contributed by atoms with Gasteiger partial charge < -0.3 is 5.32 Å². The molecule has 1 unspecified atom stereocenters. The zero-order valence-electron chi connectivity index (χ0n) is 12.1. The number of pyridine rings is 1. The highest BCUT2D eigenvalue weighted by Gasteiger charge is 2.29. The molecule has 8 heteroatoms. The largest absolute Gasteiger partial charge is 0.370 e. The molecule has 2 aromatic heterocycles. The van der Waals surface area contributed by atoms with Gasteiger partial charge in [-0.1, -0.05) is 5.21 Å². The van der Waals surface area contributed by atoms with E-state index in [9.17, 15) is 9.59 Å². The number of piperidine rings is 1. The van der Waals surface area contributed by atoms with Gasteiger partial charge in [0.2, 0.25) is 5.91 Å². The van der Waals surface area contributed by atoms with Crippen molar-refractivity contribution in [3.8, 4) is 11.3 Å². The number of anilines is 1. The molecule has 0 aromatic carbocycles. The number of amides is 2. The van der Waals surface area contributed by atoms with Crippen LogP contribution in [-0.2, 0) is 9.59 Å². The molecule has 0 spiro atoms. The highest BCUT2D eigenvalue weighted by Crippen LogP contribution is 2.22. The lowest BCUT2D eigenvalue weighted by Crippen LogP contribution is -2.41. The first-order valence-corrected chi connectivity index (χ1v) is 7.13. The number of hydrogen-bond donors (Lipinski definition) is 2. The van der Waals surface area contributed by atoms with Gasteiger partial charge in [-0.2, -0.15) is 0 Å². The van der Waals surface area contributed by atoms with E-state index in [0.717, 1.165) is 17.9 Å². The van der Waals surface area contributed by atoms with E-state index >= 15 is 0 Å². The monoisotopic (exact) mass is 300 g/mol. The van der Waals surface area contributed by atoms with Crippen molar-refractivity contribution in [3.63, 3.8) is 0 Å². The van der Waals surface area contributed by atoms with E-state index in [0.29, 0.717) is 18.5 Å². The van der Waals surface area contributed by atoms with Gasteiger partial charge in [-0.15, -0.1) is 5.10 Å². The van der Waals surface area contributed by atoms with Crippen LogP contribution in [0.15, 0.2) is 24.5 Å². The summed E-state index contributed by atoms with van der Waals surface area (Å²) in [5.41, 5.74) is 1.52. The van der Waals surface area contributed by atoms with Crippen LogP contribution in [0.4, 0.5) is 5.82 Å². The van der Waals surface area contributed by atoms with Gasteiger partial charge in [0.25, 0.3) is 5.91 Å². The summed E-state index contributed by atoms with van der Waals surface area (Å²) >= 11 is 0. The Morgan fingerprint density at radius 2 is 2.32 bits per heavy atom. The maximum Gasteiger partial charge on any atom is 0.251 e. The number of imide groups is 1. The molecule has 1 atom stereocenters. The van der Waals surface area contributed by atoms with Gasteiger partial charge in [0.15, 0.2) is 0 Å². The third-order valence-electron chi connectivity index (χ3n) is 3.45. The zero-order valence-corrected chi connectivity index (χ0v) is 12.1. The average Bonchev–Trinajstić information content (AvgIpc) is 2.97. The number of nitrogens with zero attached hydrogens (tertiary/aromatic N) is 4. The molecule has 3 rings (SSSR count). The second-order valence-electron chi connectivity index (χ2n) is 5.01. The Kier molecular flexibility index (Phi) is 3.82. The van der Waals surface area contributed by atoms with E-state index in [4.69, 9.17) is 0 Å². The van der Waals surface area contributed by atoms with Crippen molar-refractivity contribution in [1.29, 1.82) is 0 Å². The molecule has 0 radical (unpaired) electrons. The summed E-state index contributed by atoms with van der Waals surface area (Å²) in [7, 11) is 0. The molecule has 8 nitrogen and oxygen atoms in total. The SMILES string of the molecule is CCNc1cc(-c2cn(C3CCC(=O)NC3=O)nn2)ccn1. The van der Waals surface area contributed by atoms with Gasteiger partial charge >= 0.3 is 0 Å². The Bertz CT molecular complexity index is 711. The first-order valence-electron chi connectivity index (χ1n) is 7.13. The predicted octanol–water partition coefficient (Wildman–Crippen LogP) is 0.750. The van der Waals surface area contributed by atoms with Gasteiger partial charge in [0, 0.05) is 24.7 Å². The van der Waals surface area contributed by atoms with Crippen LogP contribution in [0.5, 0.6) is 0 Å². The highest BCUT2D eigenvalue weighted by atomic mass is 16.2. The number of carbonyl (C=O) groups is 2. The van der Waals surface area contributed by atoms with Crippen molar-refractivity contribution >= 4 is 17.6 Å². The zero-order chi connectivity index (χ0) is 15.5. The molecule has 0 saturated carbocycles. The van der Waals surface area contributed by atoms with E-state index in [1.165, 1.54) is 4.68 Å². The second-order valence-corrected chi connectivity index (χ2v) is 5.01. The minimum Gasteiger partial charge on any atom is -0.370 e. The van der Waals surface area contributed by atoms with Gasteiger partial charge in [-0.05, 0) is 25.5 Å². The molecule has 114 valence electrons. The van der Waals surface area contributed by atoms with Crippen LogP contribution in [0.1, 0.15) is 25.8 Å². The predicted molar refractivity (Wildman–Crippen MR) is 78.8 cm³/mol. The standard InChI is InChI=1S/C14H16N6O2/c1-2-15-12-7-9(5-6-16-12)10-8-20(19-18-10)11-3-4-13(21)17-14(11)22/h5-8,11H,2-4H2,1H3,(H,15,16)(H,17,21,22). The molecule has 0 bridgehead atoms. The Morgan fingerprint density at radius 1 is 1.45 bits per heavy atom. The van der Waals surface area contributed by atoms with E-state index in [-0.39, 0.29) is 11.8 Å². The normalized spacial score (nSPS) is 18.1. The molecule has 22 heavy (non-hydrogen) atoms. The van der Waals surface area contributed by atoms with Crippen LogP contribution in [0.25, 0.3) is 11.3 Å². The number of nitrogens with one attached hydrogen (secondary N) is 2. The number of aromatic nitrogens is 4. The highest BCUT2D eigenvalue weighted by molar-refractivity contribution is 5.99. The average molecular weight is 300 g/mol. The fraction of sp³-hybridized carbons (Fsp3) is 0.357. The summed E-state index contributed by atoms with van der Waals surface area (Å²) < 4.78 is 1.50. The van der Waals surface area contributed by atoms with Gasteiger partial charge in [-0.25, -0.2) is 9.67 Å². The van der Waals surface area contributed by atoms with Crippen LogP contribution >= 0.6 is 0 Å². The molecule has 3 heterocycles. The quantitative estimate of drug-likeness (QED) is 0.808. The Balaban J connectivity index is 1.83. The van der Waals surface area contributed by atoms with Crippen LogP contribution < -0.4 is 10.6 Å². The first-order chi connectivity index (χ1) is 10.7. The van der Waals surface area contributed by atoms with E-state index in [2.05, 4.69) is 25.9 Å². The topological polar surface area (TPSA) is 102 Å². The summed E-state index contributed by atoms with van der Waals surface area (Å²) in [5.74, 6) is 0.178. The van der Waals surface area contributed by atoms with Crippen molar-refractivity contribution in [2.75, 3.05) is 11.9 Å². The third kappa shape index (κ3) is 2.80. The van der Waals surface area contributed by atoms with Crippen LogP contribution in [0, 0.1) is 0 Å².